The molecule has 50 valence electrons. The molecular weight excluding hydrogens is 108 g/mol. The number of rotatable bonds is 1. The van der Waals surface area contributed by atoms with Crippen molar-refractivity contribution in [1.29, 1.82) is 0 Å². The Morgan fingerprint density at radius 1 is 1.12 bits per heavy atom. The topological polar surface area (TPSA) is 124 Å². The van der Waals surface area contributed by atoms with Gasteiger partial charge in [-0.1, -0.05) is 0 Å². The van der Waals surface area contributed by atoms with Crippen molar-refractivity contribution in [2.75, 3.05) is 0 Å². The van der Waals surface area contributed by atoms with Crippen LogP contribution in [0.3, 0.4) is 0 Å². The van der Waals surface area contributed by atoms with E-state index in [0.717, 1.165) is 0 Å². The van der Waals surface area contributed by atoms with Gasteiger partial charge >= 0.3 is 0 Å². The Kier molecular flexibility index (Phi) is 1.60. The Morgan fingerprint density at radius 2 is 1.25 bits per heavy atom. The minimum absolute atomic E-state index is 1.33. The van der Waals surface area contributed by atoms with Crippen molar-refractivity contribution in [2.45, 2.75) is 18.4 Å². The van der Waals surface area contributed by atoms with E-state index in [-0.39, 0.29) is 0 Å². The van der Waals surface area contributed by atoms with E-state index in [1.807, 2.05) is 0 Å². The van der Waals surface area contributed by atoms with E-state index < -0.39 is 11.5 Å². The van der Waals surface area contributed by atoms with Gasteiger partial charge in [-0.25, -0.2) is 0 Å². The Bertz CT molecular complexity index is 66.3. The van der Waals surface area contributed by atoms with Crippen LogP contribution in [0.4, 0.5) is 0 Å². The summed E-state index contributed by atoms with van der Waals surface area (Å²) in [6.07, 6.45) is 0. The largest absolute Gasteiger partial charge is 0.361 e. The van der Waals surface area contributed by atoms with Gasteiger partial charge in [0.15, 0.2) is 5.85 Å². The van der Waals surface area contributed by atoms with Crippen LogP contribution in [-0.2, 0) is 0 Å². The summed E-state index contributed by atoms with van der Waals surface area (Å²) < 4.78 is 0. The van der Waals surface area contributed by atoms with Crippen molar-refractivity contribution in [3.63, 3.8) is 0 Å². The molecule has 0 rings (SSSR count). The molecule has 5 heteroatoms. The van der Waals surface area contributed by atoms with Crippen LogP contribution in [0.15, 0.2) is 0 Å². The van der Waals surface area contributed by atoms with Crippen molar-refractivity contribution in [1.82, 2.24) is 0 Å². The van der Waals surface area contributed by atoms with Gasteiger partial charge in [-0.15, -0.1) is 0 Å². The molecule has 0 aliphatic heterocycles. The molecule has 0 saturated heterocycles. The van der Waals surface area contributed by atoms with Gasteiger partial charge in [-0.2, -0.15) is 0 Å². The fourth-order valence-corrected chi connectivity index (χ4v) is 0. The molecule has 0 radical (unpaired) electrons. The van der Waals surface area contributed by atoms with Crippen LogP contribution in [0.2, 0.25) is 0 Å². The quantitative estimate of drug-likeness (QED) is 0.239. The fraction of sp³-hybridized carbons (Fsp3) is 1.00. The van der Waals surface area contributed by atoms with Crippen LogP contribution in [-0.4, -0.2) is 16.6 Å². The minimum atomic E-state index is -2.01. The normalized spacial score (nSPS) is 14.2. The van der Waals surface area contributed by atoms with Gasteiger partial charge in [0.05, 0.1) is 0 Å². The van der Waals surface area contributed by atoms with E-state index in [1.54, 1.807) is 0 Å². The number of hydrogen-bond donors (Lipinski definition) is 5. The minimum Gasteiger partial charge on any atom is -0.361 e. The Balaban J connectivity index is 4.02. The molecule has 0 aromatic heterocycles. The molecule has 0 aliphatic rings. The summed E-state index contributed by atoms with van der Waals surface area (Å²) in [5, 5.41) is 8.66. The lowest BCUT2D eigenvalue weighted by atomic mass is 10.1. The van der Waals surface area contributed by atoms with Gasteiger partial charge in [0, 0.05) is 0 Å². The summed E-state index contributed by atoms with van der Waals surface area (Å²) in [7, 11) is 0. The van der Waals surface area contributed by atoms with Crippen molar-refractivity contribution >= 4 is 0 Å². The second-order valence-electron chi connectivity index (χ2n) is 2.11. The third-order valence-electron chi connectivity index (χ3n) is 0.863. The third kappa shape index (κ3) is 1.73. The second kappa shape index (κ2) is 1.64. The molecule has 0 unspecified atom stereocenters. The zero-order valence-electron chi connectivity index (χ0n) is 4.76. The molecule has 9 N–H and O–H groups in total. The zero-order chi connectivity index (χ0) is 7.00. The Labute approximate surface area is 47.6 Å². The van der Waals surface area contributed by atoms with Gasteiger partial charge in [0.2, 0.25) is 0 Å². The molecular formula is C3H12N4O. The number of hydrogen-bond acceptors (Lipinski definition) is 5. The number of nitrogens with two attached hydrogens (primary N) is 4. The monoisotopic (exact) mass is 120 g/mol. The van der Waals surface area contributed by atoms with Crippen molar-refractivity contribution in [3.8, 4) is 0 Å². The standard InChI is InChI=1S/C3H12N4O/c1-2(4,5)3(6,7)8/h8H,4-7H2,1H3. The molecule has 0 aromatic rings. The lowest BCUT2D eigenvalue weighted by Gasteiger charge is -2.31. The first-order chi connectivity index (χ1) is 3.25. The van der Waals surface area contributed by atoms with E-state index in [4.69, 9.17) is 28.0 Å². The highest BCUT2D eigenvalue weighted by Gasteiger charge is 2.32. The molecule has 5 nitrogen and oxygen atoms in total. The molecule has 0 aromatic carbocycles. The van der Waals surface area contributed by atoms with E-state index in [0.29, 0.717) is 0 Å². The molecule has 0 aliphatic carbocycles. The predicted octanol–water partition coefficient (Wildman–Crippen LogP) is -2.82. The maximum absolute atomic E-state index is 8.66. The third-order valence-corrected chi connectivity index (χ3v) is 0.863. The first-order valence-electron chi connectivity index (χ1n) is 2.13. The average molecular weight is 120 g/mol. The summed E-state index contributed by atoms with van der Waals surface area (Å²) in [6.45, 7) is 1.33. The highest BCUT2D eigenvalue weighted by atomic mass is 16.3. The molecule has 0 bridgehead atoms. The maximum atomic E-state index is 8.66. The number of aliphatic hydroxyl groups is 1. The molecule has 0 fully saturated rings. The van der Waals surface area contributed by atoms with E-state index >= 15 is 0 Å². The Hall–Kier alpha value is -0.200. The lowest BCUT2D eigenvalue weighted by molar-refractivity contribution is -0.0152. The molecule has 0 amide bonds. The summed E-state index contributed by atoms with van der Waals surface area (Å²) in [5.74, 6) is -2.01. The van der Waals surface area contributed by atoms with Gasteiger partial charge in [0.1, 0.15) is 5.66 Å². The summed E-state index contributed by atoms with van der Waals surface area (Å²) in [4.78, 5) is 0. The van der Waals surface area contributed by atoms with Crippen molar-refractivity contribution < 1.29 is 5.11 Å². The van der Waals surface area contributed by atoms with Crippen molar-refractivity contribution in [3.05, 3.63) is 0 Å². The molecule has 0 atom stereocenters. The Morgan fingerprint density at radius 3 is 1.25 bits per heavy atom. The predicted molar refractivity (Wildman–Crippen MR) is 30.1 cm³/mol. The van der Waals surface area contributed by atoms with Gasteiger partial charge in [-0.3, -0.25) is 11.5 Å². The molecule has 0 saturated carbocycles. The second-order valence-corrected chi connectivity index (χ2v) is 2.11. The summed E-state index contributed by atoms with van der Waals surface area (Å²) >= 11 is 0. The van der Waals surface area contributed by atoms with E-state index in [1.165, 1.54) is 6.92 Å². The van der Waals surface area contributed by atoms with E-state index in [2.05, 4.69) is 0 Å². The summed E-state index contributed by atoms with van der Waals surface area (Å²) in [6, 6.07) is 0. The van der Waals surface area contributed by atoms with Gasteiger partial charge < -0.3 is 16.6 Å². The molecule has 0 heterocycles. The van der Waals surface area contributed by atoms with Crippen molar-refractivity contribution in [2.24, 2.45) is 22.9 Å². The van der Waals surface area contributed by atoms with Crippen LogP contribution in [0.25, 0.3) is 0 Å². The van der Waals surface area contributed by atoms with Crippen LogP contribution in [0, 0.1) is 0 Å². The van der Waals surface area contributed by atoms with Gasteiger partial charge in [0.25, 0.3) is 0 Å². The summed E-state index contributed by atoms with van der Waals surface area (Å²) in [5.41, 5.74) is 18.5. The first kappa shape index (κ1) is 7.80. The zero-order valence-corrected chi connectivity index (χ0v) is 4.76. The lowest BCUT2D eigenvalue weighted by Crippen LogP contribution is -2.74. The van der Waals surface area contributed by atoms with Crippen LogP contribution in [0.1, 0.15) is 6.92 Å². The van der Waals surface area contributed by atoms with Crippen LogP contribution in [0.5, 0.6) is 0 Å². The SMILES string of the molecule is CC(N)(N)C(N)(N)O. The smallest absolute Gasteiger partial charge is 0.198 e. The fourth-order valence-electron chi connectivity index (χ4n) is 0. The highest BCUT2D eigenvalue weighted by Crippen LogP contribution is 1.97. The molecule has 0 spiro atoms. The first-order valence-corrected chi connectivity index (χ1v) is 2.13. The molecule has 8 heavy (non-hydrogen) atoms. The van der Waals surface area contributed by atoms with Crippen LogP contribution < -0.4 is 22.9 Å². The maximum Gasteiger partial charge on any atom is 0.198 e. The van der Waals surface area contributed by atoms with Crippen LogP contribution >= 0.6 is 0 Å². The van der Waals surface area contributed by atoms with E-state index in [9.17, 15) is 0 Å². The average Bonchev–Trinajstić information content (AvgIpc) is 1.25. The highest BCUT2D eigenvalue weighted by molar-refractivity contribution is 4.85. The van der Waals surface area contributed by atoms with Gasteiger partial charge in [-0.05, 0) is 6.92 Å².